The molecule has 0 amide bonds. The van der Waals surface area contributed by atoms with E-state index in [9.17, 15) is 9.90 Å². The van der Waals surface area contributed by atoms with Gasteiger partial charge in [0.15, 0.2) is 5.78 Å². The number of rotatable bonds is 2. The molecule has 0 aliphatic rings. The number of carbonyl (C=O) groups excluding carboxylic acids is 1. The average Bonchev–Trinajstić information content (AvgIpc) is 3.27. The average molecular weight is 728 g/mol. The van der Waals surface area contributed by atoms with E-state index in [-0.39, 0.29) is 42.5 Å². The number of benzene rings is 3. The Labute approximate surface area is 256 Å². The summed E-state index contributed by atoms with van der Waals surface area (Å²) in [5.41, 5.74) is 3.85. The Kier molecular flexibility index (Phi) is 9.32. The van der Waals surface area contributed by atoms with Crippen molar-refractivity contribution in [1.82, 2.24) is 9.97 Å². The van der Waals surface area contributed by atoms with Crippen molar-refractivity contribution >= 4 is 38.6 Å². The smallest absolute Gasteiger partial charge is 0.221 e. The van der Waals surface area contributed by atoms with E-state index >= 15 is 0 Å². The Balaban J connectivity index is 0.000000284. The normalized spacial score (nSPS) is 12.7. The number of allylic oxidation sites excluding steroid dienone is 2. The zero-order chi connectivity index (χ0) is 29.5. The van der Waals surface area contributed by atoms with Gasteiger partial charge in [-0.05, 0) is 10.8 Å². The molecule has 0 saturated carbocycles. The third-order valence-corrected chi connectivity index (χ3v) is 6.87. The summed E-state index contributed by atoms with van der Waals surface area (Å²) in [6, 6.07) is 22.2. The van der Waals surface area contributed by atoms with Crippen molar-refractivity contribution in [2.24, 2.45) is 10.8 Å². The molecule has 0 atom stereocenters. The van der Waals surface area contributed by atoms with Gasteiger partial charge in [0.25, 0.3) is 0 Å². The van der Waals surface area contributed by atoms with Crippen LogP contribution in [0.25, 0.3) is 44.1 Å². The summed E-state index contributed by atoms with van der Waals surface area (Å²) < 4.78 is 6.14. The summed E-state index contributed by atoms with van der Waals surface area (Å²) >= 11 is 0. The number of hydrogen-bond acceptors (Lipinski definition) is 5. The van der Waals surface area contributed by atoms with Gasteiger partial charge in [0.1, 0.15) is 17.7 Å². The topological polar surface area (TPSA) is 76.2 Å². The van der Waals surface area contributed by atoms with Crippen LogP contribution in [-0.2, 0) is 30.3 Å². The molecule has 1 radical (unpaired) electrons. The van der Waals surface area contributed by atoms with Gasteiger partial charge in [-0.15, -0.1) is 35.4 Å². The molecule has 0 unspecified atom stereocenters. The van der Waals surface area contributed by atoms with Crippen molar-refractivity contribution in [3.8, 4) is 11.3 Å². The van der Waals surface area contributed by atoms with Crippen LogP contribution in [0, 0.1) is 16.9 Å². The Hall–Kier alpha value is -3.34. The first kappa shape index (κ1) is 32.2. The molecule has 0 aliphatic heterocycles. The summed E-state index contributed by atoms with van der Waals surface area (Å²) in [4.78, 5) is 20.4. The Morgan fingerprint density at radius 3 is 2.12 bits per heavy atom. The third-order valence-electron chi connectivity index (χ3n) is 6.87. The summed E-state index contributed by atoms with van der Waals surface area (Å²) in [7, 11) is 0. The molecule has 5 nitrogen and oxygen atoms in total. The first-order chi connectivity index (χ1) is 18.6. The van der Waals surface area contributed by atoms with Crippen LogP contribution in [0.2, 0.25) is 0 Å². The standard InChI is InChI=1S/C24H19N2O.C11H20O2.Ir/c1-24(2,3)17-11-8-16(9-12-17)21-20-19-13-10-15-6-4-5-7-18(15)22(19)27-23(20)26-14-25-21;1-10(2,3)8(12)7-9(13)11(4,5)6;/h4-8,10-14H,1-3H3;7,12H,1-6H3;/q-1;;/b;8-7-;. The van der Waals surface area contributed by atoms with E-state index in [2.05, 4.69) is 79.3 Å². The van der Waals surface area contributed by atoms with Crippen LogP contribution < -0.4 is 0 Å². The quantitative estimate of drug-likeness (QED) is 0.111. The number of ketones is 1. The summed E-state index contributed by atoms with van der Waals surface area (Å²) in [5.74, 6) is 0.104. The number of aromatic nitrogens is 2. The van der Waals surface area contributed by atoms with E-state index in [4.69, 9.17) is 4.42 Å². The molecule has 1 N–H and O–H groups in total. The van der Waals surface area contributed by atoms with E-state index in [1.165, 1.54) is 11.6 Å². The SMILES string of the molecule is CC(C)(C)C(=O)/C=C(\O)C(C)(C)C.CC(C)(C)c1c[c-]c(-c2ncnc3oc4c5ccccc5ccc4c23)cc1.[Ir]. The van der Waals surface area contributed by atoms with E-state index in [1.54, 1.807) is 6.33 Å². The van der Waals surface area contributed by atoms with Crippen LogP contribution in [0.3, 0.4) is 0 Å². The van der Waals surface area contributed by atoms with Gasteiger partial charge < -0.3 is 9.52 Å². The molecule has 6 heteroatoms. The van der Waals surface area contributed by atoms with Crippen LogP contribution in [0.4, 0.5) is 0 Å². The number of furan rings is 1. The predicted molar refractivity (Wildman–Crippen MR) is 164 cm³/mol. The molecule has 0 bridgehead atoms. The van der Waals surface area contributed by atoms with Gasteiger partial charge in [-0.1, -0.05) is 98.7 Å². The molecule has 0 spiro atoms. The molecule has 0 aliphatic carbocycles. The van der Waals surface area contributed by atoms with Crippen LogP contribution in [0.15, 0.2) is 77.2 Å². The zero-order valence-corrected chi connectivity index (χ0v) is 27.7. The maximum atomic E-state index is 11.5. The fourth-order valence-corrected chi connectivity index (χ4v) is 4.14. The Morgan fingerprint density at radius 1 is 0.854 bits per heavy atom. The molecule has 0 saturated heterocycles. The molecule has 5 aromatic rings. The van der Waals surface area contributed by atoms with E-state index in [0.717, 1.165) is 38.4 Å². The van der Waals surface area contributed by atoms with Gasteiger partial charge in [0.05, 0.1) is 0 Å². The second-order valence-electron chi connectivity index (χ2n) is 13.3. The Bertz CT molecular complexity index is 1710. The summed E-state index contributed by atoms with van der Waals surface area (Å²) in [6.45, 7) is 17.7. The van der Waals surface area contributed by atoms with Crippen molar-refractivity contribution in [2.75, 3.05) is 0 Å². The number of nitrogens with zero attached hydrogens (tertiary/aromatic N) is 2. The minimum atomic E-state index is -0.417. The first-order valence-corrected chi connectivity index (χ1v) is 13.6. The second kappa shape index (κ2) is 11.9. The minimum absolute atomic E-state index is 0. The number of carbonyl (C=O) groups is 1. The molecule has 5 rings (SSSR count). The molecule has 217 valence electrons. The van der Waals surface area contributed by atoms with Crippen molar-refractivity contribution < 1.29 is 34.4 Å². The number of aliphatic hydroxyl groups excluding tert-OH is 1. The second-order valence-corrected chi connectivity index (χ2v) is 13.3. The molecule has 41 heavy (non-hydrogen) atoms. The van der Waals surface area contributed by atoms with Crippen molar-refractivity contribution in [2.45, 2.75) is 67.7 Å². The fraction of sp³-hybridized carbons (Fsp3) is 0.343. The molecular formula is C35H39IrN2O3-. The summed E-state index contributed by atoms with van der Waals surface area (Å²) in [5, 5.41) is 13.8. The van der Waals surface area contributed by atoms with Crippen molar-refractivity contribution in [3.63, 3.8) is 0 Å². The molecule has 3 aromatic carbocycles. The van der Waals surface area contributed by atoms with Crippen LogP contribution in [-0.4, -0.2) is 20.9 Å². The number of hydrogen-bond donors (Lipinski definition) is 1. The Morgan fingerprint density at radius 2 is 1.54 bits per heavy atom. The molecular weight excluding hydrogens is 689 g/mol. The summed E-state index contributed by atoms with van der Waals surface area (Å²) in [6.07, 6.45) is 2.90. The van der Waals surface area contributed by atoms with E-state index in [0.29, 0.717) is 5.71 Å². The minimum Gasteiger partial charge on any atom is -0.512 e. The van der Waals surface area contributed by atoms with Gasteiger partial charge in [0.2, 0.25) is 5.71 Å². The van der Waals surface area contributed by atoms with Crippen molar-refractivity contribution in [3.05, 3.63) is 84.4 Å². The van der Waals surface area contributed by atoms with Crippen LogP contribution in [0.1, 0.15) is 67.9 Å². The monoisotopic (exact) mass is 728 g/mol. The fourth-order valence-electron chi connectivity index (χ4n) is 4.14. The van der Waals surface area contributed by atoms with Crippen molar-refractivity contribution in [1.29, 1.82) is 0 Å². The van der Waals surface area contributed by atoms with Gasteiger partial charge in [-0.25, -0.2) is 4.98 Å². The maximum Gasteiger partial charge on any atom is 0.221 e. The third kappa shape index (κ3) is 7.12. The van der Waals surface area contributed by atoms with Gasteiger partial charge in [-0.2, -0.15) is 0 Å². The molecule has 2 heterocycles. The molecule has 2 aromatic heterocycles. The van der Waals surface area contributed by atoms with Gasteiger partial charge in [-0.3, -0.25) is 9.78 Å². The number of aliphatic hydroxyl groups is 1. The van der Waals surface area contributed by atoms with Crippen LogP contribution in [0.5, 0.6) is 0 Å². The van der Waals surface area contributed by atoms with Gasteiger partial charge >= 0.3 is 0 Å². The largest absolute Gasteiger partial charge is 0.512 e. The zero-order valence-electron chi connectivity index (χ0n) is 25.3. The van der Waals surface area contributed by atoms with Crippen LogP contribution >= 0.6 is 0 Å². The van der Waals surface area contributed by atoms with E-state index < -0.39 is 5.41 Å². The maximum absolute atomic E-state index is 11.5. The number of fused-ring (bicyclic) bond motifs is 5. The molecule has 0 fully saturated rings. The van der Waals surface area contributed by atoms with E-state index in [1.807, 2.05) is 53.7 Å². The first-order valence-electron chi connectivity index (χ1n) is 13.6. The predicted octanol–water partition coefficient (Wildman–Crippen LogP) is 9.38. The van der Waals surface area contributed by atoms with Gasteiger partial charge in [0, 0.05) is 58.9 Å².